The van der Waals surface area contributed by atoms with Gasteiger partial charge in [0.2, 0.25) is 15.9 Å². The quantitative estimate of drug-likeness (QED) is 0.768. The maximum absolute atomic E-state index is 14.1. The van der Waals surface area contributed by atoms with Gasteiger partial charge in [0.1, 0.15) is 10.7 Å². The Labute approximate surface area is 172 Å². The van der Waals surface area contributed by atoms with Crippen molar-refractivity contribution >= 4 is 15.9 Å². The first-order valence-electron chi connectivity index (χ1n) is 10.7. The van der Waals surface area contributed by atoms with E-state index in [9.17, 15) is 17.6 Å². The summed E-state index contributed by atoms with van der Waals surface area (Å²) in [5.41, 5.74) is -0.749. The second-order valence-electron chi connectivity index (χ2n) is 10.1. The van der Waals surface area contributed by atoms with Crippen LogP contribution in [0.3, 0.4) is 0 Å². The first-order valence-corrected chi connectivity index (χ1v) is 12.2. The lowest BCUT2D eigenvalue weighted by molar-refractivity contribution is -0.132. The molecule has 6 rings (SSSR count). The number of nitrogens with one attached hydrogen (secondary N) is 1. The highest BCUT2D eigenvalue weighted by molar-refractivity contribution is 7.89. The van der Waals surface area contributed by atoms with Crippen LogP contribution in [-0.2, 0) is 14.8 Å². The van der Waals surface area contributed by atoms with Crippen molar-refractivity contribution in [3.63, 3.8) is 0 Å². The summed E-state index contributed by atoms with van der Waals surface area (Å²) in [5, 5.41) is 3.40. The largest absolute Gasteiger partial charge is 0.350 e. The fourth-order valence-electron chi connectivity index (χ4n) is 6.58. The van der Waals surface area contributed by atoms with Gasteiger partial charge in [0.25, 0.3) is 0 Å². The first kappa shape index (κ1) is 19.5. The normalized spacial score (nSPS) is 34.4. The number of amides is 1. The maximum atomic E-state index is 14.1. The molecule has 1 N–H and O–H groups in total. The smallest absolute Gasteiger partial charge is 0.245 e. The van der Waals surface area contributed by atoms with Crippen LogP contribution < -0.4 is 5.32 Å². The Bertz CT molecular complexity index is 906. The standard InChI is InChI=1S/C22H29FN2O3S/c1-25(29(27,28)19-5-3-2-4-18(19)23)14-21(6-7-21)20(26)24-22-11-15-8-16(12-22)10-17(9-15)13-22/h2-5,15-17H,6-14H2,1H3,(H,24,26). The molecule has 5 fully saturated rings. The lowest BCUT2D eigenvalue weighted by Gasteiger charge is -2.57. The van der Waals surface area contributed by atoms with Gasteiger partial charge >= 0.3 is 0 Å². The van der Waals surface area contributed by atoms with E-state index < -0.39 is 21.3 Å². The summed E-state index contributed by atoms with van der Waals surface area (Å²) >= 11 is 0. The van der Waals surface area contributed by atoms with Gasteiger partial charge in [-0.05, 0) is 81.3 Å². The van der Waals surface area contributed by atoms with Crippen LogP contribution in [0.5, 0.6) is 0 Å². The summed E-state index contributed by atoms with van der Waals surface area (Å²) in [6, 6.07) is 5.40. The Kier molecular flexibility index (Phi) is 4.38. The van der Waals surface area contributed by atoms with Crippen LogP contribution in [-0.4, -0.2) is 37.8 Å². The summed E-state index contributed by atoms with van der Waals surface area (Å²) in [4.78, 5) is 12.9. The van der Waals surface area contributed by atoms with Crippen LogP contribution in [0.2, 0.25) is 0 Å². The maximum Gasteiger partial charge on any atom is 0.245 e. The van der Waals surface area contributed by atoms with Crippen LogP contribution in [0.1, 0.15) is 51.4 Å². The molecule has 5 aliphatic carbocycles. The Morgan fingerprint density at radius 1 is 1.10 bits per heavy atom. The van der Waals surface area contributed by atoms with Crippen molar-refractivity contribution < 1.29 is 17.6 Å². The number of sulfonamides is 1. The van der Waals surface area contributed by atoms with Crippen molar-refractivity contribution in [2.75, 3.05) is 13.6 Å². The molecule has 1 aromatic carbocycles. The van der Waals surface area contributed by atoms with E-state index in [2.05, 4.69) is 5.32 Å². The number of rotatable bonds is 6. The number of hydrogen-bond acceptors (Lipinski definition) is 3. The van der Waals surface area contributed by atoms with Gasteiger partial charge in [-0.15, -0.1) is 0 Å². The lowest BCUT2D eigenvalue weighted by Crippen LogP contribution is -2.61. The molecule has 0 saturated heterocycles. The van der Waals surface area contributed by atoms with Gasteiger partial charge < -0.3 is 5.32 Å². The van der Waals surface area contributed by atoms with Gasteiger partial charge in [-0.1, -0.05) is 12.1 Å². The molecule has 0 aliphatic heterocycles. The fourth-order valence-corrected chi connectivity index (χ4v) is 7.90. The molecule has 0 atom stereocenters. The number of halogens is 1. The molecule has 4 bridgehead atoms. The molecule has 5 aliphatic rings. The summed E-state index contributed by atoms with van der Waals surface area (Å²) in [5.74, 6) is 1.44. The van der Waals surface area contributed by atoms with Crippen molar-refractivity contribution in [1.29, 1.82) is 0 Å². The van der Waals surface area contributed by atoms with Crippen molar-refractivity contribution in [2.45, 2.75) is 61.8 Å². The molecule has 29 heavy (non-hydrogen) atoms. The molecule has 1 aromatic rings. The first-order chi connectivity index (χ1) is 13.7. The average molecular weight is 421 g/mol. The number of benzene rings is 1. The topological polar surface area (TPSA) is 66.5 Å². The second-order valence-corrected chi connectivity index (χ2v) is 12.1. The zero-order valence-electron chi connectivity index (χ0n) is 16.9. The summed E-state index contributed by atoms with van der Waals surface area (Å²) in [6.07, 6.45) is 8.51. The minimum Gasteiger partial charge on any atom is -0.350 e. The van der Waals surface area contributed by atoms with Crippen molar-refractivity contribution in [3.05, 3.63) is 30.1 Å². The van der Waals surface area contributed by atoms with E-state index in [1.807, 2.05) is 0 Å². The lowest BCUT2D eigenvalue weighted by atomic mass is 9.53. The highest BCUT2D eigenvalue weighted by Crippen LogP contribution is 2.56. The van der Waals surface area contributed by atoms with E-state index in [1.165, 1.54) is 44.5 Å². The van der Waals surface area contributed by atoms with Crippen LogP contribution in [0, 0.1) is 29.0 Å². The van der Waals surface area contributed by atoms with E-state index in [1.54, 1.807) is 0 Å². The fraction of sp³-hybridized carbons (Fsp3) is 0.682. The Hall–Kier alpha value is -1.47. The van der Waals surface area contributed by atoms with Gasteiger partial charge in [-0.2, -0.15) is 4.31 Å². The van der Waals surface area contributed by atoms with E-state index >= 15 is 0 Å². The average Bonchev–Trinajstić information content (AvgIpc) is 3.41. The second kappa shape index (κ2) is 6.51. The minimum absolute atomic E-state index is 0.00460. The molecule has 5 nitrogen and oxygen atoms in total. The third-order valence-corrected chi connectivity index (χ3v) is 9.64. The van der Waals surface area contributed by atoms with E-state index in [4.69, 9.17) is 0 Å². The molecular formula is C22H29FN2O3S. The van der Waals surface area contributed by atoms with Gasteiger partial charge in [-0.25, -0.2) is 12.8 Å². The highest BCUT2D eigenvalue weighted by Gasteiger charge is 2.57. The zero-order chi connectivity index (χ0) is 20.4. The van der Waals surface area contributed by atoms with Gasteiger partial charge in [0.15, 0.2) is 0 Å². The number of hydrogen-bond donors (Lipinski definition) is 1. The monoisotopic (exact) mass is 420 g/mol. The number of carbonyl (C=O) groups is 1. The minimum atomic E-state index is -3.97. The third kappa shape index (κ3) is 3.30. The van der Waals surface area contributed by atoms with Crippen LogP contribution in [0.15, 0.2) is 29.2 Å². The Morgan fingerprint density at radius 2 is 1.66 bits per heavy atom. The third-order valence-electron chi connectivity index (χ3n) is 7.80. The van der Waals surface area contributed by atoms with Gasteiger partial charge in [-0.3, -0.25) is 4.79 Å². The van der Waals surface area contributed by atoms with Crippen LogP contribution in [0.25, 0.3) is 0 Å². The van der Waals surface area contributed by atoms with Crippen molar-refractivity contribution in [3.8, 4) is 0 Å². The van der Waals surface area contributed by atoms with Gasteiger partial charge in [0.05, 0.1) is 5.41 Å². The molecule has 5 saturated carbocycles. The predicted octanol–water partition coefficient (Wildman–Crippen LogP) is 3.31. The predicted molar refractivity (Wildman–Crippen MR) is 107 cm³/mol. The molecule has 158 valence electrons. The molecule has 1 amide bonds. The van der Waals surface area contributed by atoms with E-state index in [-0.39, 0.29) is 22.9 Å². The summed E-state index contributed by atoms with van der Waals surface area (Å²) in [6.45, 7) is 0.0991. The van der Waals surface area contributed by atoms with Gasteiger partial charge in [0, 0.05) is 19.1 Å². The Morgan fingerprint density at radius 3 is 2.17 bits per heavy atom. The van der Waals surface area contributed by atoms with Crippen molar-refractivity contribution in [1.82, 2.24) is 9.62 Å². The van der Waals surface area contributed by atoms with E-state index in [0.717, 1.165) is 47.4 Å². The number of carbonyl (C=O) groups excluding carboxylic acids is 1. The van der Waals surface area contributed by atoms with E-state index in [0.29, 0.717) is 12.8 Å². The summed E-state index contributed by atoms with van der Waals surface area (Å²) < 4.78 is 40.9. The zero-order valence-corrected chi connectivity index (χ0v) is 17.7. The highest BCUT2D eigenvalue weighted by atomic mass is 32.2. The van der Waals surface area contributed by atoms with Crippen LogP contribution in [0.4, 0.5) is 4.39 Å². The molecule has 0 spiro atoms. The number of nitrogens with zero attached hydrogens (tertiary/aromatic N) is 1. The SMILES string of the molecule is CN(CC1(C(=O)NC23CC4CC(CC(C4)C2)C3)CC1)S(=O)(=O)c1ccccc1F. The molecule has 0 unspecified atom stereocenters. The molecular weight excluding hydrogens is 391 g/mol. The summed E-state index contributed by atoms with van der Waals surface area (Å²) in [7, 11) is -2.53. The molecule has 0 aromatic heterocycles. The van der Waals surface area contributed by atoms with Crippen molar-refractivity contribution in [2.24, 2.45) is 23.2 Å². The Balaban J connectivity index is 1.30. The molecule has 0 heterocycles. The molecule has 7 heteroatoms. The molecule has 0 radical (unpaired) electrons. The van der Waals surface area contributed by atoms with Crippen LogP contribution >= 0.6 is 0 Å².